The van der Waals surface area contributed by atoms with Gasteiger partial charge in [0.2, 0.25) is 0 Å². The lowest BCUT2D eigenvalue weighted by atomic mass is 9.66. The molecule has 0 aromatic heterocycles. The van der Waals surface area contributed by atoms with E-state index in [4.69, 9.17) is 0 Å². The summed E-state index contributed by atoms with van der Waals surface area (Å²) in [6, 6.07) is 0. The van der Waals surface area contributed by atoms with Gasteiger partial charge in [0, 0.05) is 18.3 Å². The third-order valence-corrected chi connectivity index (χ3v) is 2.84. The number of hydrogen-bond acceptors (Lipinski definition) is 2. The Morgan fingerprint density at radius 3 is 2.64 bits per heavy atom. The van der Waals surface area contributed by atoms with E-state index in [0.29, 0.717) is 18.6 Å². The van der Waals surface area contributed by atoms with Crippen LogP contribution in [0.5, 0.6) is 0 Å². The lowest BCUT2D eigenvalue weighted by molar-refractivity contribution is -0.133. The highest BCUT2D eigenvalue weighted by atomic mass is 16.3. The number of aliphatic hydroxyl groups is 1. The Morgan fingerprint density at radius 1 is 1.64 bits per heavy atom. The summed E-state index contributed by atoms with van der Waals surface area (Å²) < 4.78 is 0. The van der Waals surface area contributed by atoms with Gasteiger partial charge in [0.25, 0.3) is 0 Å². The van der Waals surface area contributed by atoms with Crippen LogP contribution in [-0.2, 0) is 4.79 Å². The van der Waals surface area contributed by atoms with Gasteiger partial charge in [-0.1, -0.05) is 12.2 Å². The molecule has 0 aromatic carbocycles. The lowest BCUT2D eigenvalue weighted by Gasteiger charge is -2.41. The first-order chi connectivity index (χ1) is 5.09. The molecule has 0 unspecified atom stereocenters. The van der Waals surface area contributed by atoms with Crippen LogP contribution in [0, 0.1) is 11.8 Å². The minimum absolute atomic E-state index is 0.00463. The summed E-state index contributed by atoms with van der Waals surface area (Å²) in [5, 5.41) is 9.78. The summed E-state index contributed by atoms with van der Waals surface area (Å²) in [5.74, 6) is 0.360. The van der Waals surface area contributed by atoms with E-state index >= 15 is 0 Å². The Morgan fingerprint density at radius 2 is 2.36 bits per heavy atom. The van der Waals surface area contributed by atoms with E-state index < -0.39 is 5.60 Å². The highest BCUT2D eigenvalue weighted by Crippen LogP contribution is 2.40. The van der Waals surface area contributed by atoms with Crippen LogP contribution < -0.4 is 0 Å². The normalized spacial score (nSPS) is 48.4. The van der Waals surface area contributed by atoms with Crippen molar-refractivity contribution in [2.24, 2.45) is 11.8 Å². The average Bonchev–Trinajstić information content (AvgIpc) is 1.90. The molecule has 3 rings (SSSR count). The standard InChI is InChI=1S/C9H12O2/c1-9(11)5-6-2-3-7(9)4-8(6)10/h2-3,6-7,11H,4-5H2,1H3/t6-,7+,9+/m1/s1. The zero-order valence-corrected chi connectivity index (χ0v) is 6.58. The van der Waals surface area contributed by atoms with Crippen molar-refractivity contribution in [1.29, 1.82) is 0 Å². The van der Waals surface area contributed by atoms with Crippen LogP contribution in [0.1, 0.15) is 19.8 Å². The second-order valence-corrected chi connectivity index (χ2v) is 3.83. The molecule has 1 N–H and O–H groups in total. The molecule has 0 heterocycles. The topological polar surface area (TPSA) is 37.3 Å². The van der Waals surface area contributed by atoms with Crippen LogP contribution >= 0.6 is 0 Å². The first-order valence-corrected chi connectivity index (χ1v) is 4.03. The van der Waals surface area contributed by atoms with Crippen LogP contribution in [0.25, 0.3) is 0 Å². The molecule has 3 aliphatic carbocycles. The Balaban J connectivity index is 2.34. The van der Waals surface area contributed by atoms with Gasteiger partial charge in [-0.3, -0.25) is 4.79 Å². The zero-order valence-electron chi connectivity index (χ0n) is 6.58. The molecule has 0 radical (unpaired) electrons. The molecule has 2 heteroatoms. The van der Waals surface area contributed by atoms with Gasteiger partial charge >= 0.3 is 0 Å². The smallest absolute Gasteiger partial charge is 0.140 e. The average molecular weight is 152 g/mol. The fourth-order valence-electron chi connectivity index (χ4n) is 2.02. The number of carbonyl (C=O) groups excluding carboxylic acids is 1. The number of allylic oxidation sites excluding steroid dienone is 1. The van der Waals surface area contributed by atoms with Crippen molar-refractivity contribution in [3.63, 3.8) is 0 Å². The summed E-state index contributed by atoms with van der Waals surface area (Å²) in [4.78, 5) is 11.2. The number of Topliss-reactive ketones (excluding diaryl/α,β-unsaturated/α-hetero) is 1. The maximum atomic E-state index is 11.2. The Hall–Kier alpha value is -0.630. The molecule has 11 heavy (non-hydrogen) atoms. The molecular weight excluding hydrogens is 140 g/mol. The van der Waals surface area contributed by atoms with Crippen molar-refractivity contribution < 1.29 is 9.90 Å². The van der Waals surface area contributed by atoms with E-state index in [9.17, 15) is 9.90 Å². The van der Waals surface area contributed by atoms with Crippen molar-refractivity contribution in [3.05, 3.63) is 12.2 Å². The molecule has 3 atom stereocenters. The summed E-state index contributed by atoms with van der Waals surface area (Å²) in [6.45, 7) is 1.82. The van der Waals surface area contributed by atoms with E-state index in [1.54, 1.807) is 0 Å². The minimum Gasteiger partial charge on any atom is -0.390 e. The van der Waals surface area contributed by atoms with Crippen molar-refractivity contribution in [1.82, 2.24) is 0 Å². The van der Waals surface area contributed by atoms with Crippen LogP contribution in [0.2, 0.25) is 0 Å². The number of carbonyl (C=O) groups is 1. The Kier molecular flexibility index (Phi) is 1.25. The monoisotopic (exact) mass is 152 g/mol. The molecule has 60 valence electrons. The number of ketones is 1. The van der Waals surface area contributed by atoms with Gasteiger partial charge in [-0.25, -0.2) is 0 Å². The van der Waals surface area contributed by atoms with Crippen LogP contribution in [0.4, 0.5) is 0 Å². The second kappa shape index (κ2) is 1.95. The number of hydrogen-bond donors (Lipinski definition) is 1. The van der Waals surface area contributed by atoms with Crippen LogP contribution in [0.3, 0.4) is 0 Å². The van der Waals surface area contributed by atoms with Gasteiger partial charge < -0.3 is 5.11 Å². The fraction of sp³-hybridized carbons (Fsp3) is 0.667. The van der Waals surface area contributed by atoms with Crippen molar-refractivity contribution in [2.45, 2.75) is 25.4 Å². The van der Waals surface area contributed by atoms with Gasteiger partial charge in [-0.15, -0.1) is 0 Å². The molecular formula is C9H12O2. The quantitative estimate of drug-likeness (QED) is 0.524. The third kappa shape index (κ3) is 0.932. The van der Waals surface area contributed by atoms with Crippen molar-refractivity contribution >= 4 is 5.78 Å². The molecule has 2 bridgehead atoms. The summed E-state index contributed by atoms with van der Waals surface area (Å²) in [6.07, 6.45) is 5.07. The number of fused-ring (bicyclic) bond motifs is 2. The molecule has 0 spiro atoms. The molecule has 0 amide bonds. The fourth-order valence-corrected chi connectivity index (χ4v) is 2.02. The highest BCUT2D eigenvalue weighted by molar-refractivity contribution is 5.85. The first kappa shape index (κ1) is 7.04. The van der Waals surface area contributed by atoms with Gasteiger partial charge in [0.05, 0.1) is 5.60 Å². The second-order valence-electron chi connectivity index (χ2n) is 3.83. The van der Waals surface area contributed by atoms with Gasteiger partial charge in [0.15, 0.2) is 0 Å². The van der Waals surface area contributed by atoms with Gasteiger partial charge in [0.1, 0.15) is 5.78 Å². The molecule has 0 saturated heterocycles. The first-order valence-electron chi connectivity index (χ1n) is 4.03. The molecule has 3 aliphatic rings. The molecule has 2 nitrogen and oxygen atoms in total. The predicted molar refractivity (Wildman–Crippen MR) is 41.0 cm³/mol. The molecule has 0 aliphatic heterocycles. The van der Waals surface area contributed by atoms with Crippen LogP contribution in [0.15, 0.2) is 12.2 Å². The molecule has 1 fully saturated rings. The Bertz CT molecular complexity index is 228. The highest BCUT2D eigenvalue weighted by Gasteiger charge is 2.43. The summed E-state index contributed by atoms with van der Waals surface area (Å²) in [7, 11) is 0. The lowest BCUT2D eigenvalue weighted by Crippen LogP contribution is -2.46. The van der Waals surface area contributed by atoms with Crippen LogP contribution in [-0.4, -0.2) is 16.5 Å². The minimum atomic E-state index is -0.632. The van der Waals surface area contributed by atoms with Gasteiger partial charge in [-0.05, 0) is 13.3 Å². The van der Waals surface area contributed by atoms with E-state index in [0.717, 1.165) is 0 Å². The van der Waals surface area contributed by atoms with Crippen molar-refractivity contribution in [3.8, 4) is 0 Å². The van der Waals surface area contributed by atoms with E-state index in [2.05, 4.69) is 0 Å². The molecule has 1 saturated carbocycles. The summed E-state index contributed by atoms with van der Waals surface area (Å²) >= 11 is 0. The molecule has 0 aromatic rings. The largest absolute Gasteiger partial charge is 0.390 e. The Labute approximate surface area is 65.9 Å². The van der Waals surface area contributed by atoms with E-state index in [1.807, 2.05) is 19.1 Å². The number of rotatable bonds is 0. The van der Waals surface area contributed by atoms with Crippen molar-refractivity contribution in [2.75, 3.05) is 0 Å². The summed E-state index contributed by atoms with van der Waals surface area (Å²) in [5.41, 5.74) is -0.632. The van der Waals surface area contributed by atoms with Gasteiger partial charge in [-0.2, -0.15) is 0 Å². The van der Waals surface area contributed by atoms with E-state index in [1.165, 1.54) is 0 Å². The zero-order chi connectivity index (χ0) is 8.06. The van der Waals surface area contributed by atoms with E-state index in [-0.39, 0.29) is 11.8 Å². The maximum Gasteiger partial charge on any atom is 0.140 e. The third-order valence-electron chi connectivity index (χ3n) is 2.84. The SMILES string of the molecule is C[C@]1(O)C[C@H]2C=C[C@H]1CC2=O. The predicted octanol–water partition coefficient (Wildman–Crippen LogP) is 0.902. The maximum absolute atomic E-state index is 11.2.